The molecule has 0 spiro atoms. The summed E-state index contributed by atoms with van der Waals surface area (Å²) >= 11 is 0. The van der Waals surface area contributed by atoms with E-state index in [0.29, 0.717) is 28.9 Å². The topological polar surface area (TPSA) is 116 Å². The molecule has 0 saturated carbocycles. The van der Waals surface area contributed by atoms with Gasteiger partial charge in [-0.25, -0.2) is 12.8 Å². The lowest BCUT2D eigenvalue weighted by atomic mass is 10.2. The van der Waals surface area contributed by atoms with Gasteiger partial charge in [-0.05, 0) is 50.1 Å². The molecule has 0 bridgehead atoms. The Morgan fingerprint density at radius 3 is 2.52 bits per heavy atom. The van der Waals surface area contributed by atoms with Crippen molar-refractivity contribution in [3.8, 4) is 23.1 Å². The van der Waals surface area contributed by atoms with E-state index >= 15 is 0 Å². The molecule has 2 heterocycles. The number of aromatic nitrogens is 4. The summed E-state index contributed by atoms with van der Waals surface area (Å²) in [7, 11) is -2.09. The van der Waals surface area contributed by atoms with Crippen LogP contribution in [0.4, 0.5) is 10.3 Å². The fraction of sp³-hybridized carbons (Fsp3) is 0.300. The van der Waals surface area contributed by atoms with Crippen molar-refractivity contribution in [3.63, 3.8) is 0 Å². The van der Waals surface area contributed by atoms with Gasteiger partial charge in [0.05, 0.1) is 5.75 Å². The number of nitrogens with zero attached hydrogens (tertiary/aromatic N) is 4. The molecule has 0 fully saturated rings. The third-order valence-electron chi connectivity index (χ3n) is 4.29. The zero-order chi connectivity index (χ0) is 22.8. The van der Waals surface area contributed by atoms with E-state index in [1.54, 1.807) is 33.9 Å². The molecule has 0 aliphatic rings. The Hall–Kier alpha value is -3.34. The standard InChI is InChI=1S/C20H22FN5O4S/c1-5-8-31(28,29)25-19-22-17(14-9-13(3)18(27)26(4)11-14)23-20(24-19)30-16-7-6-15(21)10-12(16)2/h6-7,9-11H,5,8H2,1-4H3,(H,22,23,24,25). The number of aryl methyl sites for hydroxylation is 3. The normalized spacial score (nSPS) is 11.4. The summed E-state index contributed by atoms with van der Waals surface area (Å²) in [6, 6.07) is 5.35. The molecule has 0 radical (unpaired) electrons. The number of halogens is 1. The maximum atomic E-state index is 13.4. The van der Waals surface area contributed by atoms with E-state index in [-0.39, 0.29) is 29.1 Å². The zero-order valence-corrected chi connectivity index (χ0v) is 18.3. The molecule has 0 amide bonds. The average molecular weight is 447 g/mol. The second kappa shape index (κ2) is 8.80. The summed E-state index contributed by atoms with van der Waals surface area (Å²) in [5.41, 5.74) is 1.26. The lowest BCUT2D eigenvalue weighted by molar-refractivity contribution is 0.437. The Bertz CT molecular complexity index is 1260. The van der Waals surface area contributed by atoms with E-state index in [1.165, 1.54) is 29.0 Å². The second-order valence-corrected chi connectivity index (χ2v) is 8.87. The molecule has 0 aliphatic carbocycles. The van der Waals surface area contributed by atoms with Gasteiger partial charge in [-0.3, -0.25) is 9.52 Å². The van der Waals surface area contributed by atoms with Crippen LogP contribution in [0.1, 0.15) is 24.5 Å². The first-order valence-corrected chi connectivity index (χ1v) is 11.1. The van der Waals surface area contributed by atoms with Gasteiger partial charge in [-0.15, -0.1) is 0 Å². The number of sulfonamides is 1. The molecule has 164 valence electrons. The van der Waals surface area contributed by atoms with Crippen molar-refractivity contribution >= 4 is 16.0 Å². The fourth-order valence-corrected chi connectivity index (χ4v) is 3.87. The van der Waals surface area contributed by atoms with E-state index in [9.17, 15) is 17.6 Å². The van der Waals surface area contributed by atoms with Crippen LogP contribution in [-0.2, 0) is 17.1 Å². The molecule has 3 rings (SSSR count). The van der Waals surface area contributed by atoms with Gasteiger partial charge in [0.2, 0.25) is 16.0 Å². The van der Waals surface area contributed by atoms with Crippen LogP contribution >= 0.6 is 0 Å². The third-order valence-corrected chi connectivity index (χ3v) is 5.73. The number of benzene rings is 1. The highest BCUT2D eigenvalue weighted by atomic mass is 32.2. The number of hydrogen-bond acceptors (Lipinski definition) is 7. The smallest absolute Gasteiger partial charge is 0.327 e. The van der Waals surface area contributed by atoms with Gasteiger partial charge < -0.3 is 9.30 Å². The van der Waals surface area contributed by atoms with Crippen LogP contribution in [0.3, 0.4) is 0 Å². The molecule has 2 aromatic heterocycles. The Labute approximate surface area is 179 Å². The highest BCUT2D eigenvalue weighted by Gasteiger charge is 2.17. The molecule has 0 atom stereocenters. The minimum atomic E-state index is -3.67. The molecule has 1 N–H and O–H groups in total. The minimum Gasteiger partial charge on any atom is -0.424 e. The number of rotatable bonds is 7. The van der Waals surface area contributed by atoms with Crippen LogP contribution in [0.25, 0.3) is 11.4 Å². The molecular weight excluding hydrogens is 425 g/mol. The van der Waals surface area contributed by atoms with Gasteiger partial charge in [0, 0.05) is 24.4 Å². The van der Waals surface area contributed by atoms with Crippen molar-refractivity contribution in [1.29, 1.82) is 0 Å². The number of ether oxygens (including phenoxy) is 1. The summed E-state index contributed by atoms with van der Waals surface area (Å²) in [6.07, 6.45) is 1.94. The first kappa shape index (κ1) is 22.3. The Kier molecular flexibility index (Phi) is 6.34. The summed E-state index contributed by atoms with van der Waals surface area (Å²) in [5, 5.41) is 0. The average Bonchev–Trinajstić information content (AvgIpc) is 2.67. The fourth-order valence-electron chi connectivity index (χ4n) is 2.86. The molecule has 3 aromatic rings. The van der Waals surface area contributed by atoms with Crippen LogP contribution in [0.5, 0.6) is 11.8 Å². The zero-order valence-electron chi connectivity index (χ0n) is 17.5. The Morgan fingerprint density at radius 2 is 1.87 bits per heavy atom. The van der Waals surface area contributed by atoms with Gasteiger partial charge in [-0.2, -0.15) is 15.0 Å². The number of pyridine rings is 1. The van der Waals surface area contributed by atoms with Crippen LogP contribution in [-0.4, -0.2) is 33.7 Å². The number of hydrogen-bond donors (Lipinski definition) is 1. The first-order valence-electron chi connectivity index (χ1n) is 9.46. The van der Waals surface area contributed by atoms with Crippen molar-refractivity contribution < 1.29 is 17.5 Å². The molecule has 0 unspecified atom stereocenters. The SMILES string of the molecule is CCCS(=O)(=O)Nc1nc(Oc2ccc(F)cc2C)nc(-c2cc(C)c(=O)n(C)c2)n1. The van der Waals surface area contributed by atoms with Gasteiger partial charge in [0.25, 0.3) is 5.56 Å². The van der Waals surface area contributed by atoms with Gasteiger partial charge >= 0.3 is 6.01 Å². The molecule has 9 nitrogen and oxygen atoms in total. The van der Waals surface area contributed by atoms with E-state index < -0.39 is 15.8 Å². The van der Waals surface area contributed by atoms with Gasteiger partial charge in [0.15, 0.2) is 5.82 Å². The van der Waals surface area contributed by atoms with E-state index in [0.717, 1.165) is 0 Å². The van der Waals surface area contributed by atoms with Crippen molar-refractivity contribution in [1.82, 2.24) is 19.5 Å². The summed E-state index contributed by atoms with van der Waals surface area (Å²) in [4.78, 5) is 24.5. The number of anilines is 1. The molecular formula is C20H22FN5O4S. The minimum absolute atomic E-state index is 0.109. The quantitative estimate of drug-likeness (QED) is 0.592. The van der Waals surface area contributed by atoms with E-state index in [2.05, 4.69) is 19.7 Å². The van der Waals surface area contributed by atoms with Crippen LogP contribution in [0.2, 0.25) is 0 Å². The van der Waals surface area contributed by atoms with Gasteiger partial charge in [0.1, 0.15) is 11.6 Å². The lowest BCUT2D eigenvalue weighted by Gasteiger charge is -2.12. The molecule has 31 heavy (non-hydrogen) atoms. The van der Waals surface area contributed by atoms with E-state index in [4.69, 9.17) is 4.74 Å². The highest BCUT2D eigenvalue weighted by Crippen LogP contribution is 2.26. The molecule has 0 saturated heterocycles. The lowest BCUT2D eigenvalue weighted by Crippen LogP contribution is -2.20. The van der Waals surface area contributed by atoms with Gasteiger partial charge in [-0.1, -0.05) is 6.92 Å². The van der Waals surface area contributed by atoms with Crippen molar-refractivity contribution in [2.45, 2.75) is 27.2 Å². The first-order chi connectivity index (χ1) is 14.6. The Balaban J connectivity index is 2.10. The largest absolute Gasteiger partial charge is 0.424 e. The Morgan fingerprint density at radius 1 is 1.13 bits per heavy atom. The van der Waals surface area contributed by atoms with Crippen LogP contribution in [0, 0.1) is 19.7 Å². The predicted molar refractivity (Wildman–Crippen MR) is 114 cm³/mol. The summed E-state index contributed by atoms with van der Waals surface area (Å²) in [6.45, 7) is 5.04. The maximum Gasteiger partial charge on any atom is 0.327 e. The van der Waals surface area contributed by atoms with Crippen molar-refractivity contribution in [3.05, 3.63) is 57.8 Å². The third kappa shape index (κ3) is 5.43. The highest BCUT2D eigenvalue weighted by molar-refractivity contribution is 7.92. The van der Waals surface area contributed by atoms with Crippen molar-refractivity contribution in [2.75, 3.05) is 10.5 Å². The van der Waals surface area contributed by atoms with Crippen LogP contribution in [0.15, 0.2) is 35.3 Å². The maximum absolute atomic E-state index is 13.4. The summed E-state index contributed by atoms with van der Waals surface area (Å²) < 4.78 is 47.2. The molecule has 11 heteroatoms. The van der Waals surface area contributed by atoms with Crippen LogP contribution < -0.4 is 15.0 Å². The molecule has 1 aromatic carbocycles. The van der Waals surface area contributed by atoms with E-state index in [1.807, 2.05) is 0 Å². The predicted octanol–water partition coefficient (Wildman–Crippen LogP) is 2.94. The second-order valence-electron chi connectivity index (χ2n) is 7.03. The summed E-state index contributed by atoms with van der Waals surface area (Å²) in [5.74, 6) is -0.343. The monoisotopic (exact) mass is 447 g/mol. The molecule has 0 aliphatic heterocycles. The van der Waals surface area contributed by atoms with Crippen molar-refractivity contribution in [2.24, 2.45) is 7.05 Å². The number of nitrogens with one attached hydrogen (secondary N) is 1.